The minimum atomic E-state index is -0.705. The van der Waals surface area contributed by atoms with Crippen LogP contribution in [0.2, 0.25) is 0 Å². The minimum Gasteiger partial charge on any atom is -0.496 e. The van der Waals surface area contributed by atoms with Crippen molar-refractivity contribution >= 4 is 28.7 Å². The standard InChI is InChI=1S/C21H24N4O4S/c1-3-4-10-24-18(22)17(19(26)23-21(24)28)25(20(27)15-9-11-30-13-15)12-14-7-5-6-8-16(14)29-2/h5-9,11,13H,3-4,10,12,22H2,1-2H3,(H,23,26,28). The van der Waals surface area contributed by atoms with Crippen LogP contribution in [0.1, 0.15) is 35.7 Å². The number of carbonyl (C=O) groups is 1. The lowest BCUT2D eigenvalue weighted by molar-refractivity contribution is 0.0985. The maximum Gasteiger partial charge on any atom is 0.330 e. The van der Waals surface area contributed by atoms with Crippen molar-refractivity contribution in [1.82, 2.24) is 9.55 Å². The molecule has 0 bridgehead atoms. The highest BCUT2D eigenvalue weighted by atomic mass is 32.1. The Morgan fingerprint density at radius 1 is 1.27 bits per heavy atom. The molecule has 30 heavy (non-hydrogen) atoms. The topological polar surface area (TPSA) is 110 Å². The molecule has 2 aromatic heterocycles. The van der Waals surface area contributed by atoms with E-state index in [1.54, 1.807) is 22.9 Å². The summed E-state index contributed by atoms with van der Waals surface area (Å²) in [6.45, 7) is 2.39. The van der Waals surface area contributed by atoms with E-state index in [0.29, 0.717) is 29.8 Å². The van der Waals surface area contributed by atoms with Crippen molar-refractivity contribution in [3.63, 3.8) is 0 Å². The Hall–Kier alpha value is -3.33. The van der Waals surface area contributed by atoms with Crippen LogP contribution in [0.3, 0.4) is 0 Å². The Morgan fingerprint density at radius 3 is 2.70 bits per heavy atom. The van der Waals surface area contributed by atoms with Gasteiger partial charge in [0.1, 0.15) is 11.6 Å². The number of anilines is 2. The fourth-order valence-electron chi connectivity index (χ4n) is 3.17. The molecular formula is C21H24N4O4S. The first-order valence-electron chi connectivity index (χ1n) is 9.56. The Kier molecular flexibility index (Phi) is 6.73. The summed E-state index contributed by atoms with van der Waals surface area (Å²) in [4.78, 5) is 42.0. The second-order valence-electron chi connectivity index (χ2n) is 6.71. The van der Waals surface area contributed by atoms with Crippen LogP contribution in [-0.4, -0.2) is 22.6 Å². The van der Waals surface area contributed by atoms with E-state index in [2.05, 4.69) is 4.98 Å². The van der Waals surface area contributed by atoms with E-state index in [4.69, 9.17) is 10.5 Å². The van der Waals surface area contributed by atoms with Gasteiger partial charge in [-0.3, -0.25) is 24.0 Å². The van der Waals surface area contributed by atoms with Gasteiger partial charge in [-0.25, -0.2) is 4.79 Å². The predicted octanol–water partition coefficient (Wildman–Crippen LogP) is 2.84. The van der Waals surface area contributed by atoms with Crippen LogP contribution in [0.4, 0.5) is 11.5 Å². The van der Waals surface area contributed by atoms with Crippen LogP contribution in [0, 0.1) is 0 Å². The summed E-state index contributed by atoms with van der Waals surface area (Å²) < 4.78 is 6.70. The number of hydrogen-bond acceptors (Lipinski definition) is 6. The van der Waals surface area contributed by atoms with Crippen molar-refractivity contribution in [2.75, 3.05) is 17.7 Å². The molecule has 0 aliphatic carbocycles. The summed E-state index contributed by atoms with van der Waals surface area (Å²) in [6, 6.07) is 8.91. The van der Waals surface area contributed by atoms with Crippen molar-refractivity contribution in [2.24, 2.45) is 0 Å². The highest BCUT2D eigenvalue weighted by Gasteiger charge is 2.26. The molecule has 3 aromatic rings. The number of benzene rings is 1. The zero-order valence-electron chi connectivity index (χ0n) is 16.9. The number of carbonyl (C=O) groups excluding carboxylic acids is 1. The number of nitrogen functional groups attached to an aromatic ring is 1. The van der Waals surface area contributed by atoms with Gasteiger partial charge in [0.15, 0.2) is 5.69 Å². The van der Waals surface area contributed by atoms with Gasteiger partial charge in [0.05, 0.1) is 19.2 Å². The monoisotopic (exact) mass is 428 g/mol. The lowest BCUT2D eigenvalue weighted by atomic mass is 10.1. The van der Waals surface area contributed by atoms with Crippen molar-refractivity contribution in [3.8, 4) is 5.75 Å². The first kappa shape index (κ1) is 21.4. The molecule has 0 saturated carbocycles. The third-order valence-electron chi connectivity index (χ3n) is 4.75. The maximum absolute atomic E-state index is 13.3. The molecule has 158 valence electrons. The molecule has 0 saturated heterocycles. The van der Waals surface area contributed by atoms with Gasteiger partial charge in [0.2, 0.25) is 0 Å². The molecule has 0 aliphatic rings. The van der Waals surface area contributed by atoms with E-state index in [1.807, 2.05) is 25.1 Å². The number of rotatable bonds is 8. The largest absolute Gasteiger partial charge is 0.496 e. The number of hydrogen-bond donors (Lipinski definition) is 2. The molecule has 9 heteroatoms. The molecule has 0 atom stereocenters. The zero-order chi connectivity index (χ0) is 21.7. The smallest absolute Gasteiger partial charge is 0.330 e. The average molecular weight is 429 g/mol. The van der Waals surface area contributed by atoms with Crippen molar-refractivity contribution in [3.05, 3.63) is 73.1 Å². The molecule has 2 heterocycles. The summed E-state index contributed by atoms with van der Waals surface area (Å²) in [5.41, 5.74) is 6.05. The zero-order valence-corrected chi connectivity index (χ0v) is 17.7. The third-order valence-corrected chi connectivity index (χ3v) is 5.44. The van der Waals surface area contributed by atoms with Crippen LogP contribution in [0.5, 0.6) is 5.75 Å². The number of aromatic nitrogens is 2. The first-order chi connectivity index (χ1) is 14.5. The number of para-hydroxylation sites is 1. The second-order valence-corrected chi connectivity index (χ2v) is 7.49. The van der Waals surface area contributed by atoms with Gasteiger partial charge in [-0.05, 0) is 23.9 Å². The first-order valence-corrected chi connectivity index (χ1v) is 10.5. The van der Waals surface area contributed by atoms with Gasteiger partial charge in [-0.2, -0.15) is 11.3 Å². The van der Waals surface area contributed by atoms with Crippen molar-refractivity contribution in [1.29, 1.82) is 0 Å². The quantitative estimate of drug-likeness (QED) is 0.573. The fraction of sp³-hybridized carbons (Fsp3) is 0.286. The summed E-state index contributed by atoms with van der Waals surface area (Å²) in [5.74, 6) is 0.158. The Morgan fingerprint density at radius 2 is 2.03 bits per heavy atom. The summed E-state index contributed by atoms with van der Waals surface area (Å²) >= 11 is 1.37. The van der Waals surface area contributed by atoms with E-state index >= 15 is 0 Å². The number of nitrogens with zero attached hydrogens (tertiary/aromatic N) is 2. The molecule has 8 nitrogen and oxygen atoms in total. The number of H-pyrrole nitrogens is 1. The Balaban J connectivity index is 2.16. The Bertz CT molecular complexity index is 1130. The third kappa shape index (κ3) is 4.30. The van der Waals surface area contributed by atoms with E-state index in [9.17, 15) is 14.4 Å². The number of thiophene rings is 1. The molecule has 1 aromatic carbocycles. The molecule has 0 fully saturated rings. The van der Waals surface area contributed by atoms with Crippen molar-refractivity contribution in [2.45, 2.75) is 32.9 Å². The summed E-state index contributed by atoms with van der Waals surface area (Å²) in [6.07, 6.45) is 1.56. The predicted molar refractivity (Wildman–Crippen MR) is 118 cm³/mol. The van der Waals surface area contributed by atoms with Gasteiger partial charge >= 0.3 is 5.69 Å². The SMILES string of the molecule is CCCCn1c(N)c(N(Cc2ccccc2OC)C(=O)c2ccsc2)c(=O)[nH]c1=O. The van der Waals surface area contributed by atoms with Crippen LogP contribution in [0.25, 0.3) is 0 Å². The molecule has 0 aliphatic heterocycles. The van der Waals surface area contributed by atoms with Gasteiger partial charge in [0.25, 0.3) is 11.5 Å². The van der Waals surface area contributed by atoms with Gasteiger partial charge < -0.3 is 10.5 Å². The fourth-order valence-corrected chi connectivity index (χ4v) is 3.80. The van der Waals surface area contributed by atoms with E-state index < -0.39 is 11.2 Å². The molecule has 0 radical (unpaired) electrons. The molecule has 3 N–H and O–H groups in total. The van der Waals surface area contributed by atoms with E-state index in [-0.39, 0.29) is 24.0 Å². The van der Waals surface area contributed by atoms with Crippen LogP contribution >= 0.6 is 11.3 Å². The van der Waals surface area contributed by atoms with E-state index in [1.165, 1.54) is 27.9 Å². The molecule has 1 amide bonds. The minimum absolute atomic E-state index is 0.0318. The van der Waals surface area contributed by atoms with Crippen LogP contribution in [-0.2, 0) is 13.1 Å². The maximum atomic E-state index is 13.3. The average Bonchev–Trinajstić information content (AvgIpc) is 3.27. The van der Waals surface area contributed by atoms with Gasteiger partial charge in [-0.15, -0.1) is 0 Å². The van der Waals surface area contributed by atoms with Crippen LogP contribution < -0.4 is 26.6 Å². The normalized spacial score (nSPS) is 10.7. The lowest BCUT2D eigenvalue weighted by Gasteiger charge is -2.25. The van der Waals surface area contributed by atoms with E-state index in [0.717, 1.165) is 6.42 Å². The number of amides is 1. The number of unbranched alkanes of at least 4 members (excludes halogenated alkanes) is 1. The number of nitrogens with one attached hydrogen (secondary N) is 1. The summed E-state index contributed by atoms with van der Waals surface area (Å²) in [7, 11) is 1.54. The highest BCUT2D eigenvalue weighted by molar-refractivity contribution is 7.08. The number of ether oxygens (including phenoxy) is 1. The van der Waals surface area contributed by atoms with Gasteiger partial charge in [0, 0.05) is 17.5 Å². The number of methoxy groups -OCH3 is 1. The Labute approximate surface area is 177 Å². The molecule has 0 unspecified atom stereocenters. The second kappa shape index (κ2) is 9.45. The lowest BCUT2D eigenvalue weighted by Crippen LogP contribution is -2.41. The molecule has 3 rings (SSSR count). The number of nitrogens with two attached hydrogens (primary N) is 1. The molecule has 0 spiro atoms. The van der Waals surface area contributed by atoms with Gasteiger partial charge in [-0.1, -0.05) is 31.5 Å². The summed E-state index contributed by atoms with van der Waals surface area (Å²) in [5, 5.41) is 3.49. The van der Waals surface area contributed by atoms with Crippen molar-refractivity contribution < 1.29 is 9.53 Å². The highest BCUT2D eigenvalue weighted by Crippen LogP contribution is 2.26. The van der Waals surface area contributed by atoms with Crippen LogP contribution in [0.15, 0.2) is 50.7 Å². The molecular weight excluding hydrogens is 404 g/mol. The number of aromatic amines is 1.